The fourth-order valence-electron chi connectivity index (χ4n) is 4.15. The smallest absolute Gasteiger partial charge is 0.257 e. The van der Waals surface area contributed by atoms with E-state index in [2.05, 4.69) is 24.1 Å². The molecule has 164 valence electrons. The molecule has 1 aliphatic carbocycles. The lowest BCUT2D eigenvalue weighted by Gasteiger charge is -2.33. The zero-order valence-electron chi connectivity index (χ0n) is 18.2. The Morgan fingerprint density at radius 1 is 1.23 bits per heavy atom. The molecule has 2 N–H and O–H groups in total. The number of H-pyrrole nitrogens is 1. The number of nitrogens with zero attached hydrogens (tertiary/aromatic N) is 1. The van der Waals surface area contributed by atoms with Crippen LogP contribution in [0, 0.1) is 0 Å². The van der Waals surface area contributed by atoms with Gasteiger partial charge in [0.2, 0.25) is 0 Å². The number of rotatable bonds is 6. The Balaban J connectivity index is 1.94. The molecule has 0 saturated carbocycles. The van der Waals surface area contributed by atoms with Crippen LogP contribution in [-0.4, -0.2) is 35.2 Å². The molecule has 2 atom stereocenters. The number of aromatic nitrogens is 2. The molecule has 0 spiro atoms. The third-order valence-electron chi connectivity index (χ3n) is 5.87. The first-order valence-electron chi connectivity index (χ1n) is 10.5. The second-order valence-corrected chi connectivity index (χ2v) is 9.23. The summed E-state index contributed by atoms with van der Waals surface area (Å²) >= 11 is 1.54. The number of carbonyl (C=O) groups is 1. The molecule has 1 aromatic heterocycles. The van der Waals surface area contributed by atoms with Gasteiger partial charge in [-0.3, -0.25) is 9.59 Å². The quantitative estimate of drug-likeness (QED) is 0.511. The number of hydrogen-bond donors (Lipinski definition) is 2. The van der Waals surface area contributed by atoms with E-state index in [4.69, 9.17) is 14.5 Å². The predicted molar refractivity (Wildman–Crippen MR) is 121 cm³/mol. The zero-order chi connectivity index (χ0) is 22.1. The number of hydrogen-bond acceptors (Lipinski definition) is 7. The van der Waals surface area contributed by atoms with Gasteiger partial charge in [-0.2, -0.15) is 0 Å². The highest BCUT2D eigenvalue weighted by atomic mass is 32.2. The third kappa shape index (κ3) is 3.96. The van der Waals surface area contributed by atoms with Gasteiger partial charge < -0.3 is 19.8 Å². The number of aromatic amines is 1. The molecule has 1 aliphatic heterocycles. The standard InChI is InChI=1S/C23H27N3O4S/c1-5-12(2)31-23-25-21-20(22(28)26-23)18(19-15(24-21)7-6-8-16(19)27)14-11-13(29-3)9-10-17(14)30-4/h9-12,18H,5-8H2,1-4H3,(H2,24,25,26,28). The molecule has 2 heterocycles. The van der Waals surface area contributed by atoms with E-state index in [-0.39, 0.29) is 11.3 Å². The molecule has 0 bridgehead atoms. The van der Waals surface area contributed by atoms with Crippen LogP contribution >= 0.6 is 11.8 Å². The molecular weight excluding hydrogens is 414 g/mol. The number of methoxy groups -OCH3 is 2. The topological polar surface area (TPSA) is 93.3 Å². The van der Waals surface area contributed by atoms with E-state index in [0.29, 0.717) is 45.3 Å². The van der Waals surface area contributed by atoms with Crippen molar-refractivity contribution in [2.75, 3.05) is 19.5 Å². The molecule has 2 aromatic rings. The normalized spacial score (nSPS) is 18.7. The van der Waals surface area contributed by atoms with Crippen molar-refractivity contribution in [1.82, 2.24) is 9.97 Å². The monoisotopic (exact) mass is 441 g/mol. The van der Waals surface area contributed by atoms with E-state index in [9.17, 15) is 9.59 Å². The van der Waals surface area contributed by atoms with Crippen molar-refractivity contribution in [2.24, 2.45) is 0 Å². The number of thioether (sulfide) groups is 1. The number of ether oxygens (including phenoxy) is 2. The van der Waals surface area contributed by atoms with Gasteiger partial charge >= 0.3 is 0 Å². The summed E-state index contributed by atoms with van der Waals surface area (Å²) in [5, 5.41) is 4.21. The number of ketones is 1. The van der Waals surface area contributed by atoms with Gasteiger partial charge in [-0.15, -0.1) is 0 Å². The minimum atomic E-state index is -0.567. The molecule has 0 radical (unpaired) electrons. The van der Waals surface area contributed by atoms with Gasteiger partial charge in [0.1, 0.15) is 17.3 Å². The Bertz CT molecular complexity index is 1110. The minimum absolute atomic E-state index is 0.0479. The lowest BCUT2D eigenvalue weighted by atomic mass is 9.76. The molecule has 0 saturated heterocycles. The Hall–Kier alpha value is -2.74. The summed E-state index contributed by atoms with van der Waals surface area (Å²) in [5.41, 5.74) is 2.38. The average molecular weight is 442 g/mol. The molecule has 31 heavy (non-hydrogen) atoms. The van der Waals surface area contributed by atoms with Crippen LogP contribution in [0.5, 0.6) is 11.5 Å². The first-order chi connectivity index (χ1) is 15.0. The number of carbonyl (C=O) groups excluding carboxylic acids is 1. The van der Waals surface area contributed by atoms with Crippen LogP contribution in [0.3, 0.4) is 0 Å². The van der Waals surface area contributed by atoms with E-state index in [1.165, 1.54) is 11.8 Å². The zero-order valence-corrected chi connectivity index (χ0v) is 19.0. The van der Waals surface area contributed by atoms with Crippen molar-refractivity contribution >= 4 is 23.4 Å². The Labute approximate surface area is 185 Å². The van der Waals surface area contributed by atoms with Crippen molar-refractivity contribution in [3.63, 3.8) is 0 Å². The first-order valence-corrected chi connectivity index (χ1v) is 11.4. The second kappa shape index (κ2) is 8.78. The lowest BCUT2D eigenvalue weighted by molar-refractivity contribution is -0.116. The number of nitrogens with one attached hydrogen (secondary N) is 2. The van der Waals surface area contributed by atoms with E-state index in [0.717, 1.165) is 30.5 Å². The van der Waals surface area contributed by atoms with Crippen LogP contribution in [0.2, 0.25) is 0 Å². The number of benzene rings is 1. The fourth-order valence-corrected chi connectivity index (χ4v) is 4.99. The van der Waals surface area contributed by atoms with E-state index >= 15 is 0 Å². The van der Waals surface area contributed by atoms with Crippen LogP contribution in [0.1, 0.15) is 56.6 Å². The average Bonchev–Trinajstić information content (AvgIpc) is 2.77. The van der Waals surface area contributed by atoms with Gasteiger partial charge in [-0.1, -0.05) is 25.6 Å². The lowest BCUT2D eigenvalue weighted by Crippen LogP contribution is -2.33. The number of Topliss-reactive ketones (excluding diaryl/α,β-unsaturated/α-hetero) is 1. The Kier molecular flexibility index (Phi) is 6.09. The van der Waals surface area contributed by atoms with Crippen molar-refractivity contribution in [3.05, 3.63) is 50.9 Å². The number of allylic oxidation sites excluding steroid dienone is 2. The molecule has 0 fully saturated rings. The SMILES string of the molecule is CCC(C)Sc1nc2c(c(=O)[nH]1)C(c1cc(OC)ccc1OC)C1=C(CCCC1=O)N2. The second-order valence-electron chi connectivity index (χ2n) is 7.80. The van der Waals surface area contributed by atoms with Crippen LogP contribution < -0.4 is 20.3 Å². The van der Waals surface area contributed by atoms with Crippen molar-refractivity contribution < 1.29 is 14.3 Å². The first kappa shape index (κ1) is 21.5. The molecule has 8 heteroatoms. The molecule has 2 unspecified atom stereocenters. The van der Waals surface area contributed by atoms with Gasteiger partial charge in [0.15, 0.2) is 10.9 Å². The Morgan fingerprint density at radius 3 is 2.74 bits per heavy atom. The summed E-state index contributed by atoms with van der Waals surface area (Å²) in [6.45, 7) is 4.20. The van der Waals surface area contributed by atoms with E-state index < -0.39 is 5.92 Å². The summed E-state index contributed by atoms with van der Waals surface area (Å²) in [6.07, 6.45) is 2.95. The van der Waals surface area contributed by atoms with E-state index in [1.807, 2.05) is 6.07 Å². The summed E-state index contributed by atoms with van der Waals surface area (Å²) in [7, 11) is 3.17. The molecular formula is C23H27N3O4S. The number of anilines is 1. The maximum atomic E-state index is 13.3. The Morgan fingerprint density at radius 2 is 2.03 bits per heavy atom. The summed E-state index contributed by atoms with van der Waals surface area (Å²) < 4.78 is 11.0. The highest BCUT2D eigenvalue weighted by molar-refractivity contribution is 7.99. The van der Waals surface area contributed by atoms with Gasteiger partial charge in [0, 0.05) is 28.5 Å². The molecule has 7 nitrogen and oxygen atoms in total. The largest absolute Gasteiger partial charge is 0.497 e. The highest BCUT2D eigenvalue weighted by Crippen LogP contribution is 2.46. The van der Waals surface area contributed by atoms with Crippen molar-refractivity contribution in [1.29, 1.82) is 0 Å². The fraction of sp³-hybridized carbons (Fsp3) is 0.435. The van der Waals surface area contributed by atoms with Gasteiger partial charge in [0.25, 0.3) is 5.56 Å². The van der Waals surface area contributed by atoms with Crippen molar-refractivity contribution in [3.8, 4) is 11.5 Å². The van der Waals surface area contributed by atoms with Gasteiger partial charge in [-0.25, -0.2) is 4.98 Å². The summed E-state index contributed by atoms with van der Waals surface area (Å²) in [5.74, 6) is 1.23. The van der Waals surface area contributed by atoms with Crippen LogP contribution in [0.15, 0.2) is 39.4 Å². The van der Waals surface area contributed by atoms with Crippen molar-refractivity contribution in [2.45, 2.75) is 55.9 Å². The third-order valence-corrected chi connectivity index (χ3v) is 7.02. The highest BCUT2D eigenvalue weighted by Gasteiger charge is 2.39. The van der Waals surface area contributed by atoms with Crippen LogP contribution in [0.4, 0.5) is 5.82 Å². The summed E-state index contributed by atoms with van der Waals surface area (Å²) in [6, 6.07) is 5.45. The predicted octanol–water partition coefficient (Wildman–Crippen LogP) is 4.24. The minimum Gasteiger partial charge on any atom is -0.497 e. The maximum absolute atomic E-state index is 13.3. The molecule has 0 amide bonds. The summed E-state index contributed by atoms with van der Waals surface area (Å²) in [4.78, 5) is 34.0. The maximum Gasteiger partial charge on any atom is 0.257 e. The number of fused-ring (bicyclic) bond motifs is 1. The van der Waals surface area contributed by atoms with Crippen LogP contribution in [0.25, 0.3) is 0 Å². The van der Waals surface area contributed by atoms with Crippen LogP contribution in [-0.2, 0) is 4.79 Å². The van der Waals surface area contributed by atoms with Gasteiger partial charge in [-0.05, 0) is 37.5 Å². The van der Waals surface area contributed by atoms with Gasteiger partial charge in [0.05, 0.1) is 25.7 Å². The molecule has 1 aromatic carbocycles. The molecule has 2 aliphatic rings. The van der Waals surface area contributed by atoms with E-state index in [1.54, 1.807) is 26.4 Å². The molecule has 4 rings (SSSR count).